The molecule has 3 amide bonds. The van der Waals surface area contributed by atoms with Crippen LogP contribution in [0.2, 0.25) is 0 Å². The molecule has 1 fully saturated rings. The fourth-order valence-corrected chi connectivity index (χ4v) is 5.04. The number of anilines is 2. The number of hydrogen-bond acceptors (Lipinski definition) is 6. The highest BCUT2D eigenvalue weighted by Gasteiger charge is 2.35. The number of nitro groups is 1. The molecular weight excluding hydrogens is 498 g/mol. The van der Waals surface area contributed by atoms with Gasteiger partial charge < -0.3 is 15.5 Å². The maximum Gasteiger partial charge on any atom is 0.270 e. The van der Waals surface area contributed by atoms with Gasteiger partial charge in [-0.2, -0.15) is 0 Å². The molecule has 3 aromatic carbocycles. The molecule has 0 bridgehead atoms. The van der Waals surface area contributed by atoms with E-state index in [4.69, 9.17) is 0 Å². The number of nitrogens with one attached hydrogen (secondary N) is 2. The first-order valence-corrected chi connectivity index (χ1v) is 12.9. The number of rotatable bonds is 4. The molecule has 39 heavy (non-hydrogen) atoms. The Kier molecular flexibility index (Phi) is 7.38. The van der Waals surface area contributed by atoms with E-state index in [0.29, 0.717) is 36.6 Å². The average molecular weight is 528 g/mol. The Bertz CT molecular complexity index is 1430. The molecule has 10 nitrogen and oxygen atoms in total. The van der Waals surface area contributed by atoms with Crippen molar-refractivity contribution < 1.29 is 19.3 Å². The number of amides is 3. The van der Waals surface area contributed by atoms with Crippen LogP contribution in [-0.4, -0.2) is 53.7 Å². The van der Waals surface area contributed by atoms with E-state index < -0.39 is 16.9 Å². The lowest BCUT2D eigenvalue weighted by Crippen LogP contribution is -2.35. The first-order valence-electron chi connectivity index (χ1n) is 12.9. The number of carbonyl (C=O) groups is 3. The van der Waals surface area contributed by atoms with Crippen LogP contribution in [-0.2, 0) is 4.79 Å². The molecule has 0 aliphatic carbocycles. The van der Waals surface area contributed by atoms with E-state index in [0.717, 1.165) is 24.1 Å². The first-order chi connectivity index (χ1) is 18.8. The van der Waals surface area contributed by atoms with E-state index in [1.165, 1.54) is 29.2 Å². The molecule has 0 saturated carbocycles. The molecule has 1 atom stereocenters. The van der Waals surface area contributed by atoms with Crippen LogP contribution in [0.25, 0.3) is 0 Å². The van der Waals surface area contributed by atoms with E-state index >= 15 is 0 Å². The summed E-state index contributed by atoms with van der Waals surface area (Å²) in [5.41, 5.74) is 2.86. The van der Waals surface area contributed by atoms with Gasteiger partial charge in [-0.05, 0) is 49.7 Å². The summed E-state index contributed by atoms with van der Waals surface area (Å²) in [6.07, 6.45) is 0.816. The van der Waals surface area contributed by atoms with Gasteiger partial charge in [0.1, 0.15) is 0 Å². The van der Waals surface area contributed by atoms with Crippen molar-refractivity contribution in [2.75, 3.05) is 36.4 Å². The van der Waals surface area contributed by atoms with Gasteiger partial charge in [0.15, 0.2) is 0 Å². The number of hydrogen-bond donors (Lipinski definition) is 2. The summed E-state index contributed by atoms with van der Waals surface area (Å²) >= 11 is 0. The molecule has 2 aliphatic rings. The van der Waals surface area contributed by atoms with Gasteiger partial charge in [-0.25, -0.2) is 0 Å². The smallest absolute Gasteiger partial charge is 0.270 e. The van der Waals surface area contributed by atoms with Crippen LogP contribution in [0.5, 0.6) is 0 Å². The molecule has 0 aromatic heterocycles. The SMILES string of the molecule is Cc1ccc(C2CC(=O)Nc3cc(C(=O)N4CCCNCC4)ccc3N2C(=O)c2cccc([N+](=O)[O-])c2)cc1. The molecular formula is C29H29N5O5. The summed E-state index contributed by atoms with van der Waals surface area (Å²) < 4.78 is 0. The molecule has 5 rings (SSSR count). The molecule has 1 unspecified atom stereocenters. The maximum absolute atomic E-state index is 14.0. The number of non-ortho nitro benzene ring substituents is 1. The Balaban J connectivity index is 1.60. The second-order valence-corrected chi connectivity index (χ2v) is 9.79. The fraction of sp³-hybridized carbons (Fsp3) is 0.276. The highest BCUT2D eigenvalue weighted by atomic mass is 16.6. The van der Waals surface area contributed by atoms with Crippen LogP contribution < -0.4 is 15.5 Å². The van der Waals surface area contributed by atoms with Gasteiger partial charge in [0.2, 0.25) is 5.91 Å². The highest BCUT2D eigenvalue weighted by Crippen LogP contribution is 2.40. The van der Waals surface area contributed by atoms with Gasteiger partial charge in [0, 0.05) is 42.9 Å². The first kappa shape index (κ1) is 26.1. The number of fused-ring (bicyclic) bond motifs is 1. The zero-order chi connectivity index (χ0) is 27.5. The van der Waals surface area contributed by atoms with Crippen LogP contribution >= 0.6 is 0 Å². The molecule has 0 spiro atoms. The Morgan fingerprint density at radius 3 is 2.49 bits per heavy atom. The number of benzene rings is 3. The molecule has 3 aromatic rings. The van der Waals surface area contributed by atoms with Crippen molar-refractivity contribution in [3.05, 3.63) is 99.1 Å². The number of nitro benzene ring substituents is 1. The van der Waals surface area contributed by atoms with Crippen molar-refractivity contribution in [1.29, 1.82) is 0 Å². The minimum absolute atomic E-state index is 0.0283. The number of carbonyl (C=O) groups excluding carboxylic acids is 3. The Labute approximate surface area is 225 Å². The monoisotopic (exact) mass is 527 g/mol. The quantitative estimate of drug-likeness (QED) is 0.389. The van der Waals surface area contributed by atoms with Gasteiger partial charge in [-0.15, -0.1) is 0 Å². The second-order valence-electron chi connectivity index (χ2n) is 9.79. The van der Waals surface area contributed by atoms with Crippen LogP contribution in [0.15, 0.2) is 66.7 Å². The third kappa shape index (κ3) is 5.51. The topological polar surface area (TPSA) is 125 Å². The lowest BCUT2D eigenvalue weighted by molar-refractivity contribution is -0.384. The molecule has 2 heterocycles. The minimum atomic E-state index is -0.670. The van der Waals surface area contributed by atoms with Crippen molar-refractivity contribution in [2.24, 2.45) is 0 Å². The number of aryl methyl sites for hydroxylation is 1. The van der Waals surface area contributed by atoms with Crippen molar-refractivity contribution in [2.45, 2.75) is 25.8 Å². The molecule has 2 aliphatic heterocycles. The van der Waals surface area contributed by atoms with E-state index in [1.54, 1.807) is 23.1 Å². The summed E-state index contributed by atoms with van der Waals surface area (Å²) in [5, 5.41) is 17.6. The van der Waals surface area contributed by atoms with E-state index in [1.807, 2.05) is 31.2 Å². The summed E-state index contributed by atoms with van der Waals surface area (Å²) in [6.45, 7) is 4.71. The van der Waals surface area contributed by atoms with Crippen molar-refractivity contribution in [3.8, 4) is 0 Å². The van der Waals surface area contributed by atoms with Gasteiger partial charge >= 0.3 is 0 Å². The Hall–Kier alpha value is -4.57. The van der Waals surface area contributed by atoms with Crippen LogP contribution in [0.4, 0.5) is 17.1 Å². The molecule has 10 heteroatoms. The summed E-state index contributed by atoms with van der Waals surface area (Å²) in [4.78, 5) is 54.6. The number of nitrogens with zero attached hydrogens (tertiary/aromatic N) is 3. The predicted molar refractivity (Wildman–Crippen MR) is 147 cm³/mol. The van der Waals surface area contributed by atoms with Crippen LogP contribution in [0.1, 0.15) is 50.7 Å². The molecule has 1 saturated heterocycles. The lowest BCUT2D eigenvalue weighted by Gasteiger charge is -2.31. The van der Waals surface area contributed by atoms with Crippen molar-refractivity contribution in [1.82, 2.24) is 10.2 Å². The highest BCUT2D eigenvalue weighted by molar-refractivity contribution is 6.12. The summed E-state index contributed by atoms with van der Waals surface area (Å²) in [5.74, 6) is -0.939. The normalized spacial score (nSPS) is 17.5. The molecule has 200 valence electrons. The third-order valence-corrected chi connectivity index (χ3v) is 7.08. The Morgan fingerprint density at radius 1 is 0.949 bits per heavy atom. The minimum Gasteiger partial charge on any atom is -0.337 e. The zero-order valence-electron chi connectivity index (χ0n) is 21.6. The van der Waals surface area contributed by atoms with Gasteiger partial charge in [0.25, 0.3) is 17.5 Å². The Morgan fingerprint density at radius 2 is 1.72 bits per heavy atom. The fourth-order valence-electron chi connectivity index (χ4n) is 5.04. The molecule has 2 N–H and O–H groups in total. The van der Waals surface area contributed by atoms with E-state index in [-0.39, 0.29) is 29.5 Å². The largest absolute Gasteiger partial charge is 0.337 e. The molecule has 0 radical (unpaired) electrons. The predicted octanol–water partition coefficient (Wildman–Crippen LogP) is 4.07. The standard InChI is InChI=1S/C29H29N5O5/c1-19-6-8-20(9-7-19)26-18-27(35)31-24-17-22(28(36)32-14-3-12-30-13-15-32)10-11-25(24)33(26)29(37)21-4-2-5-23(16-21)34(38)39/h2,4-11,16-17,26,30H,3,12-15,18H2,1H3,(H,31,35). The third-order valence-electron chi connectivity index (χ3n) is 7.08. The van der Waals surface area contributed by atoms with Gasteiger partial charge in [-0.3, -0.25) is 29.4 Å². The van der Waals surface area contributed by atoms with E-state index in [9.17, 15) is 24.5 Å². The van der Waals surface area contributed by atoms with Crippen molar-refractivity contribution in [3.63, 3.8) is 0 Å². The van der Waals surface area contributed by atoms with Gasteiger partial charge in [-0.1, -0.05) is 35.9 Å². The maximum atomic E-state index is 14.0. The van der Waals surface area contributed by atoms with Crippen LogP contribution in [0.3, 0.4) is 0 Å². The zero-order valence-corrected chi connectivity index (χ0v) is 21.6. The van der Waals surface area contributed by atoms with Crippen LogP contribution in [0, 0.1) is 17.0 Å². The summed E-state index contributed by atoms with van der Waals surface area (Å²) in [6, 6.07) is 17.4. The van der Waals surface area contributed by atoms with Crippen molar-refractivity contribution >= 4 is 34.8 Å². The van der Waals surface area contributed by atoms with E-state index in [2.05, 4.69) is 10.6 Å². The van der Waals surface area contributed by atoms with Gasteiger partial charge in [0.05, 0.1) is 28.8 Å². The average Bonchev–Trinajstić information content (AvgIpc) is 3.30. The lowest BCUT2D eigenvalue weighted by atomic mass is 9.98. The summed E-state index contributed by atoms with van der Waals surface area (Å²) in [7, 11) is 0. The second kappa shape index (κ2) is 11.0.